The minimum absolute atomic E-state index is 0.232. The number of carbonyl (C=O) groups excluding carboxylic acids is 2. The molecule has 2 N–H and O–H groups in total. The van der Waals surface area contributed by atoms with Crippen molar-refractivity contribution >= 4 is 56.4 Å². The quantitative estimate of drug-likeness (QED) is 0.516. The Kier molecular flexibility index (Phi) is 5.56. The van der Waals surface area contributed by atoms with Gasteiger partial charge in [-0.1, -0.05) is 36.4 Å². The summed E-state index contributed by atoms with van der Waals surface area (Å²) in [6.45, 7) is 0. The molecule has 3 aromatic carbocycles. The van der Waals surface area contributed by atoms with Gasteiger partial charge in [-0.2, -0.15) is 0 Å². The molecule has 3 rings (SSSR count). The molecule has 0 amide bonds. The smallest absolute Gasteiger partial charge is 0.254 e. The van der Waals surface area contributed by atoms with Crippen LogP contribution in [0.5, 0.6) is 0 Å². The lowest BCUT2D eigenvalue weighted by Gasteiger charge is -2.16. The molecular weight excluding hydrogens is 371 g/mol. The fourth-order valence-corrected chi connectivity index (χ4v) is 2.80. The first-order valence-corrected chi connectivity index (χ1v) is 8.52. The first-order chi connectivity index (χ1) is 12.5. The van der Waals surface area contributed by atoms with E-state index in [1.54, 1.807) is 0 Å². The Balaban J connectivity index is 2.06. The van der Waals surface area contributed by atoms with Crippen LogP contribution in [0, 0.1) is 0 Å². The van der Waals surface area contributed by atoms with E-state index in [0.29, 0.717) is 11.4 Å². The molecule has 0 atom stereocenters. The van der Waals surface area contributed by atoms with Gasteiger partial charge in [-0.3, -0.25) is 9.59 Å². The van der Waals surface area contributed by atoms with Crippen molar-refractivity contribution in [3.8, 4) is 0 Å². The maximum absolute atomic E-state index is 11.9. The van der Waals surface area contributed by atoms with E-state index < -0.39 is 10.5 Å². The third kappa shape index (κ3) is 4.23. The van der Waals surface area contributed by atoms with Crippen LogP contribution in [-0.2, 0) is 0 Å². The van der Waals surface area contributed by atoms with Crippen LogP contribution in [0.3, 0.4) is 0 Å². The summed E-state index contributed by atoms with van der Waals surface area (Å²) in [6.07, 6.45) is 0. The average Bonchev–Trinajstić information content (AvgIpc) is 2.64. The van der Waals surface area contributed by atoms with Crippen molar-refractivity contribution in [3.63, 3.8) is 0 Å². The molecule has 26 heavy (non-hydrogen) atoms. The number of hydrogen-bond donors (Lipinski definition) is 2. The molecule has 0 aliphatic carbocycles. The van der Waals surface area contributed by atoms with Crippen LogP contribution in [0.1, 0.15) is 20.7 Å². The minimum atomic E-state index is -0.645. The van der Waals surface area contributed by atoms with Crippen molar-refractivity contribution in [1.82, 2.24) is 0 Å². The highest BCUT2D eigenvalue weighted by Crippen LogP contribution is 2.32. The summed E-state index contributed by atoms with van der Waals surface area (Å²) in [5, 5.41) is 4.90. The molecule has 0 heterocycles. The summed E-state index contributed by atoms with van der Waals surface area (Å²) in [4.78, 5) is 23.8. The molecule has 0 saturated heterocycles. The van der Waals surface area contributed by atoms with Gasteiger partial charge in [0.15, 0.2) is 0 Å². The fraction of sp³-hybridized carbons (Fsp3) is 0. The van der Waals surface area contributed by atoms with Crippen molar-refractivity contribution in [2.24, 2.45) is 0 Å². The number of carbonyl (C=O) groups is 2. The highest BCUT2D eigenvalue weighted by molar-refractivity contribution is 6.69. The molecule has 0 bridgehead atoms. The Morgan fingerprint density at radius 1 is 0.615 bits per heavy atom. The van der Waals surface area contributed by atoms with Gasteiger partial charge in [0.25, 0.3) is 10.5 Å². The SMILES string of the molecule is O=C(Cl)c1cc(Nc2ccccc2)c(C(=O)Cl)cc1Nc1ccccc1. The van der Waals surface area contributed by atoms with Crippen LogP contribution in [0.2, 0.25) is 0 Å². The first-order valence-electron chi connectivity index (χ1n) is 7.76. The average molecular weight is 385 g/mol. The lowest BCUT2D eigenvalue weighted by Crippen LogP contribution is -2.06. The van der Waals surface area contributed by atoms with Gasteiger partial charge in [0.05, 0.1) is 22.5 Å². The van der Waals surface area contributed by atoms with E-state index >= 15 is 0 Å². The van der Waals surface area contributed by atoms with Crippen molar-refractivity contribution < 1.29 is 9.59 Å². The van der Waals surface area contributed by atoms with Crippen molar-refractivity contribution in [1.29, 1.82) is 0 Å². The van der Waals surface area contributed by atoms with Gasteiger partial charge in [-0.05, 0) is 59.6 Å². The fourth-order valence-electron chi connectivity index (χ4n) is 2.49. The van der Waals surface area contributed by atoms with E-state index in [0.717, 1.165) is 11.4 Å². The Bertz CT molecular complexity index is 866. The molecule has 0 unspecified atom stereocenters. The standard InChI is InChI=1S/C20H14Cl2N2O2/c21-19(25)15-12-18(24-14-9-5-2-6-10-14)16(20(22)26)11-17(15)23-13-7-3-1-4-8-13/h1-12,23-24H. The van der Waals surface area contributed by atoms with Crippen molar-refractivity contribution in [2.45, 2.75) is 0 Å². The van der Waals surface area contributed by atoms with Gasteiger partial charge >= 0.3 is 0 Å². The predicted molar refractivity (Wildman–Crippen MR) is 106 cm³/mol. The number of para-hydroxylation sites is 2. The van der Waals surface area contributed by atoms with E-state index in [2.05, 4.69) is 10.6 Å². The Hall–Kier alpha value is -2.82. The number of benzene rings is 3. The molecule has 0 aliphatic heterocycles. The molecule has 0 spiro atoms. The van der Waals surface area contributed by atoms with Gasteiger partial charge in [0.2, 0.25) is 0 Å². The Morgan fingerprint density at radius 2 is 0.962 bits per heavy atom. The lowest BCUT2D eigenvalue weighted by molar-refractivity contribution is 0.107. The monoisotopic (exact) mass is 384 g/mol. The van der Waals surface area contributed by atoms with Crippen LogP contribution < -0.4 is 10.6 Å². The predicted octanol–water partition coefficient (Wildman–Crippen LogP) is 5.93. The van der Waals surface area contributed by atoms with E-state index in [1.807, 2.05) is 60.7 Å². The lowest BCUT2D eigenvalue weighted by atomic mass is 10.1. The van der Waals surface area contributed by atoms with Crippen LogP contribution in [0.15, 0.2) is 72.8 Å². The zero-order valence-electron chi connectivity index (χ0n) is 13.5. The molecule has 6 heteroatoms. The molecule has 4 nitrogen and oxygen atoms in total. The number of anilines is 4. The summed E-state index contributed by atoms with van der Waals surface area (Å²) >= 11 is 11.5. The number of hydrogen-bond acceptors (Lipinski definition) is 4. The zero-order chi connectivity index (χ0) is 18.5. The molecule has 130 valence electrons. The molecule has 3 aromatic rings. The Morgan fingerprint density at radius 3 is 1.27 bits per heavy atom. The largest absolute Gasteiger partial charge is 0.355 e. The van der Waals surface area contributed by atoms with Gasteiger partial charge in [0, 0.05) is 11.4 Å². The van der Waals surface area contributed by atoms with E-state index in [1.165, 1.54) is 12.1 Å². The summed E-state index contributed by atoms with van der Waals surface area (Å²) < 4.78 is 0. The summed E-state index contributed by atoms with van der Waals surface area (Å²) in [5.41, 5.74) is 2.77. The molecule has 0 aromatic heterocycles. The Labute approximate surface area is 160 Å². The van der Waals surface area contributed by atoms with Crippen molar-refractivity contribution in [2.75, 3.05) is 10.6 Å². The number of rotatable bonds is 6. The molecule has 0 fully saturated rings. The normalized spacial score (nSPS) is 10.2. The number of halogens is 2. The summed E-state index contributed by atoms with van der Waals surface area (Å²) in [7, 11) is 0. The van der Waals surface area contributed by atoms with Crippen LogP contribution in [0.4, 0.5) is 22.7 Å². The zero-order valence-corrected chi connectivity index (χ0v) is 15.0. The summed E-state index contributed by atoms with van der Waals surface area (Å²) in [6, 6.07) is 21.5. The van der Waals surface area contributed by atoms with Crippen LogP contribution in [-0.4, -0.2) is 10.5 Å². The van der Waals surface area contributed by atoms with Crippen LogP contribution in [0.25, 0.3) is 0 Å². The first kappa shape index (κ1) is 18.0. The van der Waals surface area contributed by atoms with Gasteiger partial charge in [-0.15, -0.1) is 0 Å². The minimum Gasteiger partial charge on any atom is -0.355 e. The third-order valence-corrected chi connectivity index (χ3v) is 4.09. The van der Waals surface area contributed by atoms with Crippen molar-refractivity contribution in [3.05, 3.63) is 83.9 Å². The number of nitrogens with one attached hydrogen (secondary N) is 2. The highest BCUT2D eigenvalue weighted by atomic mass is 35.5. The second-order valence-electron chi connectivity index (χ2n) is 5.47. The molecule has 0 aliphatic rings. The van der Waals surface area contributed by atoms with Gasteiger partial charge < -0.3 is 10.6 Å². The third-order valence-electron chi connectivity index (χ3n) is 3.69. The van der Waals surface area contributed by atoms with Gasteiger partial charge in [0.1, 0.15) is 0 Å². The summed E-state index contributed by atoms with van der Waals surface area (Å²) in [5.74, 6) is 0. The second-order valence-corrected chi connectivity index (χ2v) is 6.16. The van der Waals surface area contributed by atoms with E-state index in [9.17, 15) is 9.59 Å². The van der Waals surface area contributed by atoms with Crippen LogP contribution >= 0.6 is 23.2 Å². The second kappa shape index (κ2) is 8.04. The molecule has 0 saturated carbocycles. The maximum atomic E-state index is 11.9. The maximum Gasteiger partial charge on any atom is 0.254 e. The van der Waals surface area contributed by atoms with E-state index in [4.69, 9.17) is 23.2 Å². The highest BCUT2D eigenvalue weighted by Gasteiger charge is 2.18. The molecular formula is C20H14Cl2N2O2. The van der Waals surface area contributed by atoms with E-state index in [-0.39, 0.29) is 11.1 Å². The molecule has 0 radical (unpaired) electrons. The topological polar surface area (TPSA) is 58.2 Å². The van der Waals surface area contributed by atoms with Gasteiger partial charge in [-0.25, -0.2) is 0 Å².